The van der Waals surface area contributed by atoms with Gasteiger partial charge < -0.3 is 10.2 Å². The van der Waals surface area contributed by atoms with Crippen LogP contribution >= 0.6 is 11.3 Å². The van der Waals surface area contributed by atoms with Gasteiger partial charge in [0, 0.05) is 31.6 Å². The van der Waals surface area contributed by atoms with Gasteiger partial charge in [0.2, 0.25) is 5.95 Å². The molecule has 0 amide bonds. The summed E-state index contributed by atoms with van der Waals surface area (Å²) in [5, 5.41) is 11.0. The minimum atomic E-state index is 0.824. The van der Waals surface area contributed by atoms with E-state index in [1.807, 2.05) is 17.9 Å². The van der Waals surface area contributed by atoms with Crippen LogP contribution < -0.4 is 10.2 Å². The Morgan fingerprint density at radius 3 is 2.88 bits per heavy atom. The van der Waals surface area contributed by atoms with Gasteiger partial charge in [0.1, 0.15) is 5.82 Å². The van der Waals surface area contributed by atoms with Crippen LogP contribution in [-0.4, -0.2) is 39.4 Å². The monoisotopic (exact) mass is 342 g/mol. The normalized spacial score (nSPS) is 15.1. The van der Waals surface area contributed by atoms with Gasteiger partial charge in [0.15, 0.2) is 5.65 Å². The molecule has 0 aliphatic carbocycles. The predicted molar refractivity (Wildman–Crippen MR) is 98.9 cm³/mol. The van der Waals surface area contributed by atoms with Crippen molar-refractivity contribution < 1.29 is 0 Å². The number of fused-ring (bicyclic) bond motifs is 1. The Hall–Kier alpha value is -2.15. The molecule has 1 N–H and O–H groups in total. The molecule has 0 bridgehead atoms. The molecule has 0 radical (unpaired) electrons. The summed E-state index contributed by atoms with van der Waals surface area (Å²) in [6.45, 7) is 2.94. The maximum atomic E-state index is 4.81. The molecule has 0 spiro atoms. The summed E-state index contributed by atoms with van der Waals surface area (Å²) in [4.78, 5) is 13.2. The van der Waals surface area contributed by atoms with Crippen molar-refractivity contribution in [2.45, 2.75) is 25.7 Å². The lowest BCUT2D eigenvalue weighted by Crippen LogP contribution is -2.31. The van der Waals surface area contributed by atoms with Gasteiger partial charge in [-0.2, -0.15) is 15.1 Å². The highest BCUT2D eigenvalue weighted by atomic mass is 32.1. The van der Waals surface area contributed by atoms with Crippen LogP contribution in [0.4, 0.5) is 11.8 Å². The zero-order valence-corrected chi connectivity index (χ0v) is 14.7. The first-order valence-corrected chi connectivity index (χ1v) is 9.40. The molecule has 0 unspecified atom stereocenters. The van der Waals surface area contributed by atoms with Crippen LogP contribution in [0.5, 0.6) is 0 Å². The Morgan fingerprint density at radius 2 is 2.08 bits per heavy atom. The lowest BCUT2D eigenvalue weighted by Gasteiger charge is -2.27. The van der Waals surface area contributed by atoms with Gasteiger partial charge in [-0.1, -0.05) is 6.07 Å². The van der Waals surface area contributed by atoms with Crippen LogP contribution in [0.1, 0.15) is 24.1 Å². The third-order valence-corrected chi connectivity index (χ3v) is 5.40. The number of aromatic nitrogens is 4. The standard InChI is InChI=1S/C17H22N6S/c1-22-16-14(12-19-22)15(18-8-7-13-6-5-11-24-13)20-17(21-16)23-9-3-2-4-10-23/h5-6,11-12H,2-4,7-10H2,1H3,(H,18,20,21). The Kier molecular flexibility index (Phi) is 4.34. The van der Waals surface area contributed by atoms with Gasteiger partial charge in [-0.3, -0.25) is 4.68 Å². The van der Waals surface area contributed by atoms with E-state index < -0.39 is 0 Å². The molecule has 4 heterocycles. The number of nitrogens with zero attached hydrogens (tertiary/aromatic N) is 5. The molecular formula is C17H22N6S. The molecule has 1 aliphatic heterocycles. The van der Waals surface area contributed by atoms with Crippen LogP contribution in [0.3, 0.4) is 0 Å². The number of rotatable bonds is 5. The van der Waals surface area contributed by atoms with Crippen LogP contribution in [0.15, 0.2) is 23.7 Å². The lowest BCUT2D eigenvalue weighted by atomic mass is 10.1. The van der Waals surface area contributed by atoms with Gasteiger partial charge in [0.25, 0.3) is 0 Å². The first kappa shape index (κ1) is 15.4. The first-order valence-electron chi connectivity index (χ1n) is 8.52. The summed E-state index contributed by atoms with van der Waals surface area (Å²) < 4.78 is 1.83. The molecule has 1 aliphatic rings. The van der Waals surface area contributed by atoms with Gasteiger partial charge in [0.05, 0.1) is 11.6 Å². The summed E-state index contributed by atoms with van der Waals surface area (Å²) in [6.07, 6.45) is 6.59. The topological polar surface area (TPSA) is 58.9 Å². The number of hydrogen-bond acceptors (Lipinski definition) is 6. The van der Waals surface area contributed by atoms with Crippen molar-refractivity contribution in [3.8, 4) is 0 Å². The molecule has 126 valence electrons. The molecule has 7 heteroatoms. The summed E-state index contributed by atoms with van der Waals surface area (Å²) in [7, 11) is 1.94. The van der Waals surface area contributed by atoms with Gasteiger partial charge >= 0.3 is 0 Å². The highest BCUT2D eigenvalue weighted by molar-refractivity contribution is 7.09. The molecule has 6 nitrogen and oxygen atoms in total. The van der Waals surface area contributed by atoms with Crippen molar-refractivity contribution in [2.24, 2.45) is 7.05 Å². The van der Waals surface area contributed by atoms with Gasteiger partial charge in [-0.05, 0) is 37.1 Å². The van der Waals surface area contributed by atoms with Crippen molar-refractivity contribution in [3.05, 3.63) is 28.6 Å². The molecule has 3 aromatic heterocycles. The average Bonchev–Trinajstić information content (AvgIpc) is 3.26. The fourth-order valence-corrected chi connectivity index (χ4v) is 3.85. The summed E-state index contributed by atoms with van der Waals surface area (Å²) in [5.74, 6) is 1.72. The van der Waals surface area contributed by atoms with E-state index in [1.165, 1.54) is 24.1 Å². The zero-order valence-electron chi connectivity index (χ0n) is 13.9. The van der Waals surface area contributed by atoms with Crippen LogP contribution in [0.2, 0.25) is 0 Å². The summed E-state index contributed by atoms with van der Waals surface area (Å²) >= 11 is 1.79. The second-order valence-electron chi connectivity index (χ2n) is 6.18. The second-order valence-corrected chi connectivity index (χ2v) is 7.21. The highest BCUT2D eigenvalue weighted by Gasteiger charge is 2.18. The predicted octanol–water partition coefficient (Wildman–Crippen LogP) is 3.07. The van der Waals surface area contributed by atoms with E-state index in [-0.39, 0.29) is 0 Å². The number of aryl methyl sites for hydroxylation is 1. The first-order chi connectivity index (χ1) is 11.8. The number of anilines is 2. The minimum absolute atomic E-state index is 0.824. The van der Waals surface area contributed by atoms with E-state index in [2.05, 4.69) is 32.8 Å². The Labute approximate surface area is 145 Å². The van der Waals surface area contributed by atoms with Crippen molar-refractivity contribution >= 4 is 34.1 Å². The molecule has 3 aromatic rings. The summed E-state index contributed by atoms with van der Waals surface area (Å²) in [5.41, 5.74) is 0.893. The van der Waals surface area contributed by atoms with E-state index >= 15 is 0 Å². The third-order valence-electron chi connectivity index (χ3n) is 4.46. The maximum absolute atomic E-state index is 4.81. The average molecular weight is 342 g/mol. The number of piperidine rings is 1. The van der Waals surface area contributed by atoms with Crippen molar-refractivity contribution in [1.29, 1.82) is 0 Å². The highest BCUT2D eigenvalue weighted by Crippen LogP contribution is 2.25. The SMILES string of the molecule is Cn1ncc2c(NCCc3cccs3)nc(N3CCCCC3)nc21. The summed E-state index contributed by atoms with van der Waals surface area (Å²) in [6, 6.07) is 4.27. The Bertz CT molecular complexity index is 804. The van der Waals surface area contributed by atoms with Crippen LogP contribution in [0.25, 0.3) is 11.0 Å². The smallest absolute Gasteiger partial charge is 0.229 e. The van der Waals surface area contributed by atoms with Crippen molar-refractivity contribution in [2.75, 3.05) is 29.9 Å². The minimum Gasteiger partial charge on any atom is -0.369 e. The van der Waals surface area contributed by atoms with Gasteiger partial charge in [-0.25, -0.2) is 0 Å². The van der Waals surface area contributed by atoms with Crippen LogP contribution in [0, 0.1) is 0 Å². The largest absolute Gasteiger partial charge is 0.369 e. The van der Waals surface area contributed by atoms with Gasteiger partial charge in [-0.15, -0.1) is 11.3 Å². The van der Waals surface area contributed by atoms with E-state index in [9.17, 15) is 0 Å². The van der Waals surface area contributed by atoms with Crippen LogP contribution in [-0.2, 0) is 13.5 Å². The molecule has 0 saturated carbocycles. The number of hydrogen-bond donors (Lipinski definition) is 1. The molecule has 1 saturated heterocycles. The molecule has 0 atom stereocenters. The Morgan fingerprint density at radius 1 is 1.21 bits per heavy atom. The number of nitrogens with one attached hydrogen (secondary N) is 1. The molecule has 4 rings (SSSR count). The van der Waals surface area contributed by atoms with Crippen molar-refractivity contribution in [3.63, 3.8) is 0 Å². The van der Waals surface area contributed by atoms with E-state index in [0.717, 1.165) is 48.9 Å². The van der Waals surface area contributed by atoms with E-state index in [4.69, 9.17) is 9.97 Å². The third kappa shape index (κ3) is 3.08. The zero-order chi connectivity index (χ0) is 16.4. The molecule has 0 aromatic carbocycles. The fraction of sp³-hybridized carbons (Fsp3) is 0.471. The lowest BCUT2D eigenvalue weighted by molar-refractivity contribution is 0.568. The maximum Gasteiger partial charge on any atom is 0.229 e. The molecule has 1 fully saturated rings. The number of thiophene rings is 1. The van der Waals surface area contributed by atoms with E-state index in [1.54, 1.807) is 11.3 Å². The second kappa shape index (κ2) is 6.76. The molecule has 24 heavy (non-hydrogen) atoms. The fourth-order valence-electron chi connectivity index (χ4n) is 3.14. The van der Waals surface area contributed by atoms with Crippen molar-refractivity contribution in [1.82, 2.24) is 19.7 Å². The molecular weight excluding hydrogens is 320 g/mol. The Balaban J connectivity index is 1.59. The van der Waals surface area contributed by atoms with E-state index in [0.29, 0.717) is 0 Å². The quantitative estimate of drug-likeness (QED) is 0.772.